The number of hydrogen-bond donors (Lipinski definition) is 1. The van der Waals surface area contributed by atoms with Crippen molar-refractivity contribution < 1.29 is 0 Å². The highest BCUT2D eigenvalue weighted by molar-refractivity contribution is 5.14. The average Bonchev–Trinajstić information content (AvgIpc) is 2.90. The van der Waals surface area contributed by atoms with Crippen LogP contribution >= 0.6 is 0 Å². The third-order valence-corrected chi connectivity index (χ3v) is 4.83. The molecule has 0 aliphatic carbocycles. The summed E-state index contributed by atoms with van der Waals surface area (Å²) in [4.78, 5) is 5.29. The average molecular weight is 273 g/mol. The molecule has 2 N–H and O–H groups in total. The van der Waals surface area contributed by atoms with E-state index in [1.807, 2.05) is 0 Å². The standard InChI is InChI=1S/C17H27N3/c18-16-8-11-19(12-9-16)14-17-7-4-10-20(17)13-15-5-2-1-3-6-15/h1-3,5-6,16-17H,4,7-14,18H2/t17-/m0/s1. The molecule has 0 radical (unpaired) electrons. The van der Waals surface area contributed by atoms with Gasteiger partial charge in [0.2, 0.25) is 0 Å². The van der Waals surface area contributed by atoms with Crippen LogP contribution in [0.5, 0.6) is 0 Å². The summed E-state index contributed by atoms with van der Waals surface area (Å²) in [5, 5.41) is 0. The Morgan fingerprint density at radius 1 is 1.00 bits per heavy atom. The zero-order valence-corrected chi connectivity index (χ0v) is 12.4. The van der Waals surface area contributed by atoms with E-state index in [0.29, 0.717) is 6.04 Å². The van der Waals surface area contributed by atoms with E-state index in [-0.39, 0.29) is 0 Å². The van der Waals surface area contributed by atoms with Crippen molar-refractivity contribution in [1.82, 2.24) is 9.80 Å². The smallest absolute Gasteiger partial charge is 0.0237 e. The first-order valence-corrected chi connectivity index (χ1v) is 8.07. The van der Waals surface area contributed by atoms with Crippen molar-refractivity contribution in [3.8, 4) is 0 Å². The summed E-state index contributed by atoms with van der Waals surface area (Å²) >= 11 is 0. The molecule has 1 aromatic rings. The van der Waals surface area contributed by atoms with Gasteiger partial charge in [0.05, 0.1) is 0 Å². The van der Waals surface area contributed by atoms with Crippen molar-refractivity contribution in [1.29, 1.82) is 0 Å². The van der Waals surface area contributed by atoms with Crippen LogP contribution in [0.2, 0.25) is 0 Å². The summed E-state index contributed by atoms with van der Waals surface area (Å²) in [6.07, 6.45) is 5.05. The molecule has 1 aromatic carbocycles. The first-order chi connectivity index (χ1) is 9.81. The van der Waals surface area contributed by atoms with Gasteiger partial charge < -0.3 is 10.6 Å². The Hall–Kier alpha value is -0.900. The Labute approximate surface area is 122 Å². The molecule has 0 aromatic heterocycles. The lowest BCUT2D eigenvalue weighted by Crippen LogP contribution is -2.45. The quantitative estimate of drug-likeness (QED) is 0.911. The minimum Gasteiger partial charge on any atom is -0.328 e. The molecule has 20 heavy (non-hydrogen) atoms. The number of nitrogens with zero attached hydrogens (tertiary/aromatic N) is 2. The molecular formula is C17H27N3. The molecule has 2 heterocycles. The largest absolute Gasteiger partial charge is 0.328 e. The van der Waals surface area contributed by atoms with Gasteiger partial charge in [0.25, 0.3) is 0 Å². The highest BCUT2D eigenvalue weighted by atomic mass is 15.2. The molecule has 3 rings (SSSR count). The summed E-state index contributed by atoms with van der Waals surface area (Å²) in [5.74, 6) is 0. The molecule has 2 fully saturated rings. The Morgan fingerprint density at radius 3 is 2.50 bits per heavy atom. The molecular weight excluding hydrogens is 246 g/mol. The lowest BCUT2D eigenvalue weighted by Gasteiger charge is -2.34. The first kappa shape index (κ1) is 14.1. The van der Waals surface area contributed by atoms with Crippen molar-refractivity contribution in [2.45, 2.75) is 44.3 Å². The molecule has 0 amide bonds. The van der Waals surface area contributed by atoms with E-state index >= 15 is 0 Å². The summed E-state index contributed by atoms with van der Waals surface area (Å²) in [6, 6.07) is 12.1. The van der Waals surface area contributed by atoms with Crippen molar-refractivity contribution >= 4 is 0 Å². The molecule has 0 spiro atoms. The minimum atomic E-state index is 0.440. The minimum absolute atomic E-state index is 0.440. The molecule has 0 bridgehead atoms. The summed E-state index contributed by atoms with van der Waals surface area (Å²) in [6.45, 7) is 5.99. The van der Waals surface area contributed by atoms with Crippen molar-refractivity contribution in [2.24, 2.45) is 5.73 Å². The molecule has 2 saturated heterocycles. The van der Waals surface area contributed by atoms with E-state index in [0.717, 1.165) is 12.6 Å². The van der Waals surface area contributed by atoms with Gasteiger partial charge in [-0.25, -0.2) is 0 Å². The second-order valence-corrected chi connectivity index (χ2v) is 6.39. The van der Waals surface area contributed by atoms with Crippen molar-refractivity contribution in [2.75, 3.05) is 26.2 Å². The molecule has 0 saturated carbocycles. The molecule has 3 nitrogen and oxygen atoms in total. The van der Waals surface area contributed by atoms with E-state index in [2.05, 4.69) is 40.1 Å². The van der Waals surface area contributed by atoms with E-state index in [1.165, 1.54) is 57.4 Å². The second-order valence-electron chi connectivity index (χ2n) is 6.39. The fourth-order valence-corrected chi connectivity index (χ4v) is 3.56. The summed E-state index contributed by atoms with van der Waals surface area (Å²) in [5.41, 5.74) is 7.44. The van der Waals surface area contributed by atoms with Gasteiger partial charge in [-0.05, 0) is 50.9 Å². The van der Waals surface area contributed by atoms with Crippen LogP contribution in [0.15, 0.2) is 30.3 Å². The Balaban J connectivity index is 1.53. The molecule has 3 heteroatoms. The molecule has 110 valence electrons. The fourth-order valence-electron chi connectivity index (χ4n) is 3.56. The maximum Gasteiger partial charge on any atom is 0.0237 e. The Bertz CT molecular complexity index is 398. The van der Waals surface area contributed by atoms with Crippen molar-refractivity contribution in [3.63, 3.8) is 0 Å². The fraction of sp³-hybridized carbons (Fsp3) is 0.647. The van der Waals surface area contributed by atoms with Crippen LogP contribution in [0.25, 0.3) is 0 Å². The normalized spacial score (nSPS) is 26.1. The Morgan fingerprint density at radius 2 is 1.75 bits per heavy atom. The van der Waals surface area contributed by atoms with E-state index < -0.39 is 0 Å². The van der Waals surface area contributed by atoms with Crippen LogP contribution in [0, 0.1) is 0 Å². The van der Waals surface area contributed by atoms with Crippen LogP contribution in [0.3, 0.4) is 0 Å². The number of hydrogen-bond acceptors (Lipinski definition) is 3. The zero-order valence-electron chi connectivity index (χ0n) is 12.4. The van der Waals surface area contributed by atoms with Gasteiger partial charge in [-0.3, -0.25) is 4.90 Å². The third-order valence-electron chi connectivity index (χ3n) is 4.83. The molecule has 0 unspecified atom stereocenters. The maximum atomic E-state index is 6.00. The first-order valence-electron chi connectivity index (χ1n) is 8.07. The van der Waals surface area contributed by atoms with Crippen LogP contribution in [-0.4, -0.2) is 48.1 Å². The van der Waals surface area contributed by atoms with Crippen LogP contribution < -0.4 is 5.73 Å². The summed E-state index contributed by atoms with van der Waals surface area (Å²) < 4.78 is 0. The van der Waals surface area contributed by atoms with Crippen LogP contribution in [-0.2, 0) is 6.54 Å². The zero-order chi connectivity index (χ0) is 13.8. The number of benzene rings is 1. The van der Waals surface area contributed by atoms with Crippen LogP contribution in [0.4, 0.5) is 0 Å². The number of nitrogens with two attached hydrogens (primary N) is 1. The van der Waals surface area contributed by atoms with Crippen molar-refractivity contribution in [3.05, 3.63) is 35.9 Å². The molecule has 1 atom stereocenters. The van der Waals surface area contributed by atoms with Gasteiger partial charge in [-0.15, -0.1) is 0 Å². The van der Waals surface area contributed by atoms with E-state index in [4.69, 9.17) is 5.73 Å². The Kier molecular flexibility index (Phi) is 4.71. The second kappa shape index (κ2) is 6.70. The third kappa shape index (κ3) is 3.60. The highest BCUT2D eigenvalue weighted by Crippen LogP contribution is 2.22. The number of piperidine rings is 1. The van der Waals surface area contributed by atoms with Gasteiger partial charge in [-0.1, -0.05) is 30.3 Å². The highest BCUT2D eigenvalue weighted by Gasteiger charge is 2.27. The maximum absolute atomic E-state index is 6.00. The summed E-state index contributed by atoms with van der Waals surface area (Å²) in [7, 11) is 0. The predicted molar refractivity (Wildman–Crippen MR) is 83.5 cm³/mol. The number of likely N-dealkylation sites (tertiary alicyclic amines) is 2. The topological polar surface area (TPSA) is 32.5 Å². The van der Waals surface area contributed by atoms with E-state index in [1.54, 1.807) is 0 Å². The van der Waals surface area contributed by atoms with Gasteiger partial charge in [-0.2, -0.15) is 0 Å². The number of rotatable bonds is 4. The predicted octanol–water partition coefficient (Wildman–Crippen LogP) is 2.07. The van der Waals surface area contributed by atoms with Gasteiger partial charge in [0.1, 0.15) is 0 Å². The van der Waals surface area contributed by atoms with Gasteiger partial charge in [0.15, 0.2) is 0 Å². The van der Waals surface area contributed by atoms with Crippen LogP contribution in [0.1, 0.15) is 31.2 Å². The molecule has 2 aliphatic heterocycles. The van der Waals surface area contributed by atoms with E-state index in [9.17, 15) is 0 Å². The SMILES string of the molecule is NC1CCN(C[C@@H]2CCCN2Cc2ccccc2)CC1. The van der Waals surface area contributed by atoms with Gasteiger partial charge in [0, 0.05) is 25.2 Å². The van der Waals surface area contributed by atoms with Gasteiger partial charge >= 0.3 is 0 Å². The lowest BCUT2D eigenvalue weighted by molar-refractivity contribution is 0.143. The molecule has 2 aliphatic rings. The monoisotopic (exact) mass is 273 g/mol. The lowest BCUT2D eigenvalue weighted by atomic mass is 10.0.